The maximum atomic E-state index is 12.5. The van der Waals surface area contributed by atoms with Crippen molar-refractivity contribution in [2.45, 2.75) is 69.2 Å². The number of piperidine rings is 1. The van der Waals surface area contributed by atoms with Gasteiger partial charge in [-0.25, -0.2) is 0 Å². The first kappa shape index (κ1) is 11.5. The van der Waals surface area contributed by atoms with Gasteiger partial charge >= 0.3 is 0 Å². The van der Waals surface area contributed by atoms with Crippen molar-refractivity contribution in [3.8, 4) is 0 Å². The van der Waals surface area contributed by atoms with E-state index in [1.807, 2.05) is 0 Å². The molecule has 0 aliphatic carbocycles. The molecule has 3 aliphatic heterocycles. The fourth-order valence-electron chi connectivity index (χ4n) is 3.70. The molecule has 2 unspecified atom stereocenters. The lowest BCUT2D eigenvalue weighted by molar-refractivity contribution is -0.147. The molecule has 4 nitrogen and oxygen atoms in total. The molecule has 3 rings (SSSR count). The van der Waals surface area contributed by atoms with Crippen LogP contribution in [0.1, 0.15) is 44.9 Å². The van der Waals surface area contributed by atoms with Crippen LogP contribution in [-0.2, 0) is 9.53 Å². The number of hydrogen-bond acceptors (Lipinski definition) is 3. The molecule has 3 saturated heterocycles. The summed E-state index contributed by atoms with van der Waals surface area (Å²) in [6.45, 7) is 0.538. The van der Waals surface area contributed by atoms with Crippen LogP contribution >= 0.6 is 0 Å². The summed E-state index contributed by atoms with van der Waals surface area (Å²) in [6, 6.07) is 1.00. The van der Waals surface area contributed by atoms with Crippen molar-refractivity contribution in [3.63, 3.8) is 0 Å². The largest absolute Gasteiger partial charge is 0.364 e. The molecule has 4 atom stereocenters. The van der Waals surface area contributed by atoms with Crippen molar-refractivity contribution in [2.24, 2.45) is 5.73 Å². The standard InChI is InChI=1S/C13H22N2O2/c14-8-11-6-7-12(17-11)13(16)15-9-2-1-3-10(15)5-4-9/h9-12H,1-8,14H2/t9?,10?,11-,12+/m1/s1. The Kier molecular flexibility index (Phi) is 3.09. The molecule has 0 saturated carbocycles. The fourth-order valence-corrected chi connectivity index (χ4v) is 3.70. The summed E-state index contributed by atoms with van der Waals surface area (Å²) in [4.78, 5) is 14.6. The van der Waals surface area contributed by atoms with Crippen LogP contribution < -0.4 is 5.73 Å². The molecule has 0 aromatic rings. The zero-order valence-electron chi connectivity index (χ0n) is 10.3. The molecule has 3 fully saturated rings. The Morgan fingerprint density at radius 2 is 1.82 bits per heavy atom. The van der Waals surface area contributed by atoms with Crippen LogP contribution in [0.4, 0.5) is 0 Å². The Labute approximate surface area is 102 Å². The summed E-state index contributed by atoms with van der Waals surface area (Å²) in [6.07, 6.45) is 7.76. The highest BCUT2D eigenvalue weighted by atomic mass is 16.5. The van der Waals surface area contributed by atoms with E-state index in [1.54, 1.807) is 0 Å². The second-order valence-corrected chi connectivity index (χ2v) is 5.62. The molecular formula is C13H22N2O2. The molecule has 2 bridgehead atoms. The zero-order chi connectivity index (χ0) is 11.8. The van der Waals surface area contributed by atoms with E-state index in [0.29, 0.717) is 18.6 Å². The minimum absolute atomic E-state index is 0.103. The molecule has 4 heteroatoms. The van der Waals surface area contributed by atoms with Crippen LogP contribution in [0, 0.1) is 0 Å². The van der Waals surface area contributed by atoms with Gasteiger partial charge in [-0.05, 0) is 44.9 Å². The zero-order valence-corrected chi connectivity index (χ0v) is 10.3. The lowest BCUT2D eigenvalue weighted by Gasteiger charge is -2.36. The van der Waals surface area contributed by atoms with Crippen molar-refractivity contribution in [1.29, 1.82) is 0 Å². The molecule has 17 heavy (non-hydrogen) atoms. The Hall–Kier alpha value is -0.610. The Bertz CT molecular complexity index is 292. The number of hydrogen-bond donors (Lipinski definition) is 1. The number of rotatable bonds is 2. The van der Waals surface area contributed by atoms with Gasteiger partial charge in [-0.15, -0.1) is 0 Å². The number of carbonyl (C=O) groups excluding carboxylic acids is 1. The van der Waals surface area contributed by atoms with Crippen LogP contribution in [0.2, 0.25) is 0 Å². The molecule has 3 heterocycles. The van der Waals surface area contributed by atoms with Gasteiger partial charge in [0.2, 0.25) is 0 Å². The number of carbonyl (C=O) groups is 1. The normalized spacial score (nSPS) is 40.9. The van der Waals surface area contributed by atoms with Gasteiger partial charge in [0, 0.05) is 18.6 Å². The van der Waals surface area contributed by atoms with Crippen LogP contribution in [0.5, 0.6) is 0 Å². The average Bonchev–Trinajstić information content (AvgIpc) is 2.92. The minimum atomic E-state index is -0.204. The van der Waals surface area contributed by atoms with E-state index >= 15 is 0 Å². The monoisotopic (exact) mass is 238 g/mol. The van der Waals surface area contributed by atoms with E-state index in [0.717, 1.165) is 12.8 Å². The van der Waals surface area contributed by atoms with E-state index in [-0.39, 0.29) is 18.1 Å². The summed E-state index contributed by atoms with van der Waals surface area (Å²) in [7, 11) is 0. The second kappa shape index (κ2) is 4.58. The minimum Gasteiger partial charge on any atom is -0.364 e. The van der Waals surface area contributed by atoms with E-state index in [2.05, 4.69) is 4.90 Å². The van der Waals surface area contributed by atoms with E-state index in [9.17, 15) is 4.79 Å². The highest BCUT2D eigenvalue weighted by Gasteiger charge is 2.43. The van der Waals surface area contributed by atoms with Gasteiger partial charge in [-0.1, -0.05) is 0 Å². The molecular weight excluding hydrogens is 216 g/mol. The average molecular weight is 238 g/mol. The van der Waals surface area contributed by atoms with Crippen molar-refractivity contribution in [1.82, 2.24) is 4.90 Å². The number of fused-ring (bicyclic) bond motifs is 2. The quantitative estimate of drug-likeness (QED) is 0.782. The molecule has 0 aromatic heterocycles. The van der Waals surface area contributed by atoms with Gasteiger partial charge in [-0.3, -0.25) is 4.79 Å². The third-order valence-corrected chi connectivity index (χ3v) is 4.59. The number of amides is 1. The van der Waals surface area contributed by atoms with E-state index in [1.165, 1.54) is 32.1 Å². The maximum absolute atomic E-state index is 12.5. The number of ether oxygens (including phenoxy) is 1. The van der Waals surface area contributed by atoms with Crippen LogP contribution in [0.15, 0.2) is 0 Å². The topological polar surface area (TPSA) is 55.6 Å². The second-order valence-electron chi connectivity index (χ2n) is 5.62. The van der Waals surface area contributed by atoms with Gasteiger partial charge in [0.15, 0.2) is 0 Å². The van der Waals surface area contributed by atoms with Crippen molar-refractivity contribution < 1.29 is 9.53 Å². The molecule has 3 aliphatic rings. The Balaban J connectivity index is 1.66. The first-order chi connectivity index (χ1) is 8.29. The lowest BCUT2D eigenvalue weighted by Crippen LogP contribution is -2.48. The fraction of sp³-hybridized carbons (Fsp3) is 0.923. The van der Waals surface area contributed by atoms with Gasteiger partial charge in [0.25, 0.3) is 5.91 Å². The molecule has 0 spiro atoms. The third-order valence-electron chi connectivity index (χ3n) is 4.59. The molecule has 0 aromatic carbocycles. The highest BCUT2D eigenvalue weighted by Crippen LogP contribution is 2.37. The van der Waals surface area contributed by atoms with Crippen molar-refractivity contribution in [3.05, 3.63) is 0 Å². The molecule has 0 radical (unpaired) electrons. The van der Waals surface area contributed by atoms with Gasteiger partial charge in [0.05, 0.1) is 6.10 Å². The number of nitrogens with zero attached hydrogens (tertiary/aromatic N) is 1. The SMILES string of the molecule is NC[C@H]1CC[C@@H](C(=O)N2C3CCCC2CC3)O1. The van der Waals surface area contributed by atoms with E-state index < -0.39 is 0 Å². The van der Waals surface area contributed by atoms with Crippen LogP contribution in [0.25, 0.3) is 0 Å². The number of nitrogens with two attached hydrogens (primary N) is 1. The molecule has 96 valence electrons. The highest BCUT2D eigenvalue weighted by molar-refractivity contribution is 5.82. The summed E-state index contributed by atoms with van der Waals surface area (Å²) in [5.41, 5.74) is 5.59. The lowest BCUT2D eigenvalue weighted by atomic mass is 10.0. The van der Waals surface area contributed by atoms with Crippen molar-refractivity contribution in [2.75, 3.05) is 6.54 Å². The summed E-state index contributed by atoms with van der Waals surface area (Å²) in [5.74, 6) is 0.244. The van der Waals surface area contributed by atoms with Gasteiger partial charge < -0.3 is 15.4 Å². The predicted octanol–water partition coefficient (Wildman–Crippen LogP) is 1.04. The van der Waals surface area contributed by atoms with Gasteiger partial charge in [-0.2, -0.15) is 0 Å². The maximum Gasteiger partial charge on any atom is 0.252 e. The first-order valence-electron chi connectivity index (χ1n) is 6.97. The van der Waals surface area contributed by atoms with E-state index in [4.69, 9.17) is 10.5 Å². The van der Waals surface area contributed by atoms with Crippen LogP contribution in [-0.4, -0.2) is 41.6 Å². The van der Waals surface area contributed by atoms with Crippen molar-refractivity contribution >= 4 is 5.91 Å². The van der Waals surface area contributed by atoms with Crippen LogP contribution in [0.3, 0.4) is 0 Å². The summed E-state index contributed by atoms with van der Waals surface area (Å²) >= 11 is 0. The Morgan fingerprint density at radius 1 is 1.12 bits per heavy atom. The van der Waals surface area contributed by atoms with Gasteiger partial charge in [0.1, 0.15) is 6.10 Å². The molecule has 1 amide bonds. The first-order valence-corrected chi connectivity index (χ1v) is 6.97. The smallest absolute Gasteiger partial charge is 0.252 e. The predicted molar refractivity (Wildman–Crippen MR) is 64.5 cm³/mol. The summed E-state index contributed by atoms with van der Waals surface area (Å²) in [5, 5.41) is 0. The Morgan fingerprint density at radius 3 is 2.41 bits per heavy atom. The molecule has 2 N–H and O–H groups in total. The third kappa shape index (κ3) is 1.97. The summed E-state index contributed by atoms with van der Waals surface area (Å²) < 4.78 is 5.73.